The molecule has 2 aliphatic heterocycles. The third-order valence-electron chi connectivity index (χ3n) is 5.44. The van der Waals surface area contributed by atoms with Crippen molar-refractivity contribution in [3.8, 4) is 0 Å². The highest BCUT2D eigenvalue weighted by Crippen LogP contribution is 2.27. The van der Waals surface area contributed by atoms with Crippen molar-refractivity contribution >= 4 is 23.4 Å². The summed E-state index contributed by atoms with van der Waals surface area (Å²) >= 11 is 0. The monoisotopic (exact) mass is 375 g/mol. The van der Waals surface area contributed by atoms with Gasteiger partial charge in [-0.1, -0.05) is 19.1 Å². The van der Waals surface area contributed by atoms with Gasteiger partial charge in [0.15, 0.2) is 0 Å². The van der Waals surface area contributed by atoms with E-state index in [1.807, 2.05) is 11.8 Å². The van der Waals surface area contributed by atoms with Gasteiger partial charge in [-0.3, -0.25) is 14.4 Å². The maximum Gasteiger partial charge on any atom is 0.227 e. The summed E-state index contributed by atoms with van der Waals surface area (Å²) in [6.07, 6.45) is 3.15. The molecular formula is C20H26FN3O3. The molecule has 0 aliphatic carbocycles. The fraction of sp³-hybridized carbons (Fsp3) is 0.550. The van der Waals surface area contributed by atoms with Gasteiger partial charge in [0.2, 0.25) is 17.7 Å². The standard InChI is InChI=1S/C20H26FN3O3/c1-2-15(23-11-5-8-18(23)25)9-10-22-20(27)14-12-19(26)24(13-14)17-7-4-3-6-16(17)21/h3-4,6-7,14-15H,2,5,8-13H2,1H3,(H,22,27)/t14-,15-/m1/s1. The number of halogens is 1. The van der Waals surface area contributed by atoms with Crippen molar-refractivity contribution in [3.63, 3.8) is 0 Å². The zero-order chi connectivity index (χ0) is 19.4. The first kappa shape index (κ1) is 19.3. The molecule has 0 spiro atoms. The van der Waals surface area contributed by atoms with Crippen LogP contribution in [0.25, 0.3) is 0 Å². The van der Waals surface area contributed by atoms with Crippen LogP contribution >= 0.6 is 0 Å². The number of carbonyl (C=O) groups is 3. The lowest BCUT2D eigenvalue weighted by Crippen LogP contribution is -2.40. The van der Waals surface area contributed by atoms with Gasteiger partial charge in [0.1, 0.15) is 5.82 Å². The Balaban J connectivity index is 1.51. The molecule has 1 N–H and O–H groups in total. The number of nitrogens with one attached hydrogen (secondary N) is 1. The van der Waals surface area contributed by atoms with E-state index in [-0.39, 0.29) is 42.4 Å². The Morgan fingerprint density at radius 3 is 2.74 bits per heavy atom. The van der Waals surface area contributed by atoms with Crippen molar-refractivity contribution in [1.29, 1.82) is 0 Å². The Kier molecular flexibility index (Phi) is 6.08. The smallest absolute Gasteiger partial charge is 0.227 e. The number of carbonyl (C=O) groups excluding carboxylic acids is 3. The fourth-order valence-electron chi connectivity index (χ4n) is 3.93. The van der Waals surface area contributed by atoms with Crippen molar-refractivity contribution < 1.29 is 18.8 Å². The number of nitrogens with zero attached hydrogens (tertiary/aromatic N) is 2. The van der Waals surface area contributed by atoms with Gasteiger partial charge >= 0.3 is 0 Å². The second-order valence-electron chi connectivity index (χ2n) is 7.19. The van der Waals surface area contributed by atoms with Crippen molar-refractivity contribution in [2.45, 2.75) is 45.1 Å². The molecule has 3 amide bonds. The lowest BCUT2D eigenvalue weighted by molar-refractivity contribution is -0.129. The Bertz CT molecular complexity index is 724. The predicted molar refractivity (Wildman–Crippen MR) is 99.5 cm³/mol. The van der Waals surface area contributed by atoms with Crippen molar-refractivity contribution in [2.75, 3.05) is 24.5 Å². The maximum absolute atomic E-state index is 13.9. The summed E-state index contributed by atoms with van der Waals surface area (Å²) in [6, 6.07) is 6.23. The summed E-state index contributed by atoms with van der Waals surface area (Å²) in [5.41, 5.74) is 0.219. The van der Waals surface area contributed by atoms with E-state index < -0.39 is 11.7 Å². The van der Waals surface area contributed by atoms with Gasteiger partial charge in [-0.25, -0.2) is 4.39 Å². The van der Waals surface area contributed by atoms with E-state index in [9.17, 15) is 18.8 Å². The molecule has 0 bridgehead atoms. The van der Waals surface area contributed by atoms with Crippen LogP contribution in [0.4, 0.5) is 10.1 Å². The van der Waals surface area contributed by atoms with E-state index in [1.165, 1.54) is 11.0 Å². The number of rotatable bonds is 7. The Morgan fingerprint density at radius 2 is 2.07 bits per heavy atom. The highest BCUT2D eigenvalue weighted by Gasteiger charge is 2.36. The highest BCUT2D eigenvalue weighted by molar-refractivity contribution is 6.00. The van der Waals surface area contributed by atoms with Crippen molar-refractivity contribution in [1.82, 2.24) is 10.2 Å². The van der Waals surface area contributed by atoms with Gasteiger partial charge in [-0.05, 0) is 31.4 Å². The van der Waals surface area contributed by atoms with Gasteiger partial charge in [0.25, 0.3) is 0 Å². The normalized spacial score (nSPS) is 21.0. The van der Waals surface area contributed by atoms with Crippen LogP contribution in [0.3, 0.4) is 0 Å². The lowest BCUT2D eigenvalue weighted by Gasteiger charge is -2.27. The number of likely N-dealkylation sites (tertiary alicyclic amines) is 1. The van der Waals surface area contributed by atoms with Crippen LogP contribution in [0.5, 0.6) is 0 Å². The molecule has 2 fully saturated rings. The minimum atomic E-state index is -0.481. The average molecular weight is 375 g/mol. The van der Waals surface area contributed by atoms with Crippen LogP contribution < -0.4 is 10.2 Å². The summed E-state index contributed by atoms with van der Waals surface area (Å²) in [7, 11) is 0. The molecule has 3 rings (SSSR count). The van der Waals surface area contributed by atoms with Crippen LogP contribution in [0, 0.1) is 11.7 Å². The third-order valence-corrected chi connectivity index (χ3v) is 5.44. The minimum Gasteiger partial charge on any atom is -0.356 e. The molecule has 2 saturated heterocycles. The SMILES string of the molecule is CC[C@H](CCNC(=O)[C@@H]1CC(=O)N(c2ccccc2F)C1)N1CCCC1=O. The quantitative estimate of drug-likeness (QED) is 0.793. The van der Waals surface area contributed by atoms with Gasteiger partial charge in [-0.2, -0.15) is 0 Å². The molecule has 7 heteroatoms. The van der Waals surface area contributed by atoms with E-state index in [2.05, 4.69) is 5.32 Å². The van der Waals surface area contributed by atoms with E-state index in [4.69, 9.17) is 0 Å². The van der Waals surface area contributed by atoms with E-state index in [0.717, 1.165) is 19.4 Å². The second kappa shape index (κ2) is 8.50. The van der Waals surface area contributed by atoms with Crippen LogP contribution in [-0.2, 0) is 14.4 Å². The number of benzene rings is 1. The first-order valence-electron chi connectivity index (χ1n) is 9.63. The summed E-state index contributed by atoms with van der Waals surface area (Å²) < 4.78 is 13.9. The zero-order valence-corrected chi connectivity index (χ0v) is 15.6. The maximum atomic E-state index is 13.9. The average Bonchev–Trinajstić information content (AvgIpc) is 3.25. The molecule has 6 nitrogen and oxygen atoms in total. The fourth-order valence-corrected chi connectivity index (χ4v) is 3.93. The van der Waals surface area contributed by atoms with Gasteiger partial charge < -0.3 is 15.1 Å². The summed E-state index contributed by atoms with van der Waals surface area (Å²) in [5, 5.41) is 2.89. The minimum absolute atomic E-state index is 0.0853. The number of hydrogen-bond acceptors (Lipinski definition) is 3. The molecule has 146 valence electrons. The molecule has 0 saturated carbocycles. The Morgan fingerprint density at radius 1 is 1.30 bits per heavy atom. The number of amides is 3. The number of para-hydroxylation sites is 1. The topological polar surface area (TPSA) is 69.7 Å². The van der Waals surface area contributed by atoms with Crippen LogP contribution in [-0.4, -0.2) is 48.3 Å². The molecule has 0 unspecified atom stereocenters. The molecule has 0 aromatic heterocycles. The number of anilines is 1. The lowest BCUT2D eigenvalue weighted by atomic mass is 10.1. The second-order valence-corrected chi connectivity index (χ2v) is 7.19. The summed E-state index contributed by atoms with van der Waals surface area (Å²) in [5.74, 6) is -1.19. The van der Waals surface area contributed by atoms with E-state index in [0.29, 0.717) is 19.4 Å². The van der Waals surface area contributed by atoms with Gasteiger partial charge in [-0.15, -0.1) is 0 Å². The molecule has 27 heavy (non-hydrogen) atoms. The van der Waals surface area contributed by atoms with E-state index in [1.54, 1.807) is 18.2 Å². The largest absolute Gasteiger partial charge is 0.356 e. The predicted octanol–water partition coefficient (Wildman–Crippen LogP) is 2.09. The summed E-state index contributed by atoms with van der Waals surface area (Å²) in [4.78, 5) is 39.8. The Labute approximate surface area is 158 Å². The third kappa shape index (κ3) is 4.28. The van der Waals surface area contributed by atoms with Gasteiger partial charge in [0.05, 0.1) is 11.6 Å². The molecular weight excluding hydrogens is 349 g/mol. The molecule has 0 radical (unpaired) electrons. The molecule has 2 heterocycles. The molecule has 2 aliphatic rings. The van der Waals surface area contributed by atoms with Gasteiger partial charge in [0, 0.05) is 38.5 Å². The molecule has 2 atom stereocenters. The first-order valence-corrected chi connectivity index (χ1v) is 9.63. The van der Waals surface area contributed by atoms with Crippen molar-refractivity contribution in [3.05, 3.63) is 30.1 Å². The molecule has 1 aromatic rings. The Hall–Kier alpha value is -2.44. The van der Waals surface area contributed by atoms with Crippen molar-refractivity contribution in [2.24, 2.45) is 5.92 Å². The number of hydrogen-bond donors (Lipinski definition) is 1. The molecule has 1 aromatic carbocycles. The first-order chi connectivity index (χ1) is 13.0. The van der Waals surface area contributed by atoms with Crippen LogP contribution in [0.15, 0.2) is 24.3 Å². The van der Waals surface area contributed by atoms with Crippen LogP contribution in [0.2, 0.25) is 0 Å². The van der Waals surface area contributed by atoms with Crippen LogP contribution in [0.1, 0.15) is 39.0 Å². The zero-order valence-electron chi connectivity index (χ0n) is 15.6. The highest BCUT2D eigenvalue weighted by atomic mass is 19.1. The van der Waals surface area contributed by atoms with E-state index >= 15 is 0 Å². The summed E-state index contributed by atoms with van der Waals surface area (Å²) in [6.45, 7) is 3.49.